The molecule has 5 aromatic carbocycles. The van der Waals surface area contributed by atoms with E-state index in [4.69, 9.17) is 0 Å². The first-order valence-electron chi connectivity index (χ1n) is 11.9. The lowest BCUT2D eigenvalue weighted by Gasteiger charge is -2.29. The van der Waals surface area contributed by atoms with Crippen LogP contribution in [0.4, 0.5) is 0 Å². The Morgan fingerprint density at radius 2 is 0.895 bits per heavy atom. The van der Waals surface area contributed by atoms with E-state index in [-0.39, 0.29) is 0 Å². The van der Waals surface area contributed by atoms with Crippen LogP contribution < -0.4 is 0 Å². The van der Waals surface area contributed by atoms with Gasteiger partial charge >= 0.3 is 0 Å². The molecule has 0 heterocycles. The maximum Gasteiger partial charge on any atom is 0.217 e. The van der Waals surface area contributed by atoms with Crippen molar-refractivity contribution in [1.29, 1.82) is 0 Å². The third kappa shape index (κ3) is 5.91. The largest absolute Gasteiger partial charge is 0.358 e. The van der Waals surface area contributed by atoms with Gasteiger partial charge in [-0.3, -0.25) is 0 Å². The van der Waals surface area contributed by atoms with Crippen molar-refractivity contribution in [2.45, 2.75) is 12.2 Å². The molecule has 0 unspecified atom stereocenters. The van der Waals surface area contributed by atoms with Crippen molar-refractivity contribution >= 4 is 63.7 Å². The zero-order chi connectivity index (χ0) is 26.9. The first-order chi connectivity index (χ1) is 18.2. The summed E-state index contributed by atoms with van der Waals surface area (Å²) >= 11 is 14.1. The molecule has 0 aliphatic carbocycles. The first-order valence-corrected chi connectivity index (χ1v) is 15.0. The molecule has 0 aromatic heterocycles. The molecule has 0 radical (unpaired) electrons. The van der Waals surface area contributed by atoms with Gasteiger partial charge in [-0.15, -0.1) is 0 Å². The average molecular weight is 758 g/mol. The Labute approximate surface area is 255 Å². The molecule has 38 heavy (non-hydrogen) atoms. The Balaban J connectivity index is 1.81. The van der Waals surface area contributed by atoms with Crippen molar-refractivity contribution in [3.63, 3.8) is 0 Å². The fraction of sp³-hybridized carbons (Fsp3) is 0.0625. The Kier molecular flexibility index (Phi) is 8.39. The summed E-state index contributed by atoms with van der Waals surface area (Å²) in [6.07, 6.45) is 0.685. The second-order valence-corrected chi connectivity index (χ2v) is 12.7. The van der Waals surface area contributed by atoms with Gasteiger partial charge in [0, 0.05) is 29.0 Å². The van der Waals surface area contributed by atoms with Crippen LogP contribution in [0, 0.1) is 0 Å². The van der Waals surface area contributed by atoms with Crippen molar-refractivity contribution in [1.82, 2.24) is 0 Å². The van der Waals surface area contributed by atoms with Gasteiger partial charge in [-0.2, -0.15) is 0 Å². The number of halogens is 4. The van der Waals surface area contributed by atoms with E-state index >= 15 is 0 Å². The van der Waals surface area contributed by atoms with E-state index in [0.717, 1.165) is 51.3 Å². The summed E-state index contributed by atoms with van der Waals surface area (Å²) in [5.41, 5.74) is 6.68. The Bertz CT molecular complexity index is 1560. The smallest absolute Gasteiger partial charge is 0.217 e. The molecule has 6 heteroatoms. The number of aliphatic hydroxyl groups is 2. The monoisotopic (exact) mass is 754 g/mol. The van der Waals surface area contributed by atoms with Crippen molar-refractivity contribution in [2.75, 3.05) is 0 Å². The molecule has 0 spiro atoms. The maximum absolute atomic E-state index is 11.7. The lowest BCUT2D eigenvalue weighted by Crippen LogP contribution is -2.27. The lowest BCUT2D eigenvalue weighted by atomic mass is 9.81. The van der Waals surface area contributed by atoms with Crippen LogP contribution in [0.2, 0.25) is 0 Å². The van der Waals surface area contributed by atoms with Crippen molar-refractivity contribution in [3.05, 3.63) is 149 Å². The molecule has 0 bridgehead atoms. The minimum absolute atomic E-state index is 0.390. The SMILES string of the molecule is OC(O)(c1ccc(Br)cc1)c1ccc(Cc2ccc(Br)cc2)c(-c2ccc(Br)cc2)c1-c1ccc(Br)cc1. The Morgan fingerprint density at radius 1 is 0.474 bits per heavy atom. The second-order valence-electron chi connectivity index (χ2n) is 9.02. The number of hydrogen-bond acceptors (Lipinski definition) is 2. The topological polar surface area (TPSA) is 40.5 Å². The average Bonchev–Trinajstić information content (AvgIpc) is 2.91. The van der Waals surface area contributed by atoms with E-state index in [1.807, 2.05) is 72.8 Å². The predicted octanol–water partition coefficient (Wildman–Crippen LogP) is 9.85. The summed E-state index contributed by atoms with van der Waals surface area (Å²) < 4.78 is 3.82. The minimum atomic E-state index is -2.22. The van der Waals surface area contributed by atoms with Gasteiger partial charge in [-0.05, 0) is 88.3 Å². The quantitative estimate of drug-likeness (QED) is 0.170. The normalized spacial score (nSPS) is 11.5. The summed E-state index contributed by atoms with van der Waals surface area (Å²) in [4.78, 5) is 0. The van der Waals surface area contributed by atoms with Crippen LogP contribution in [-0.4, -0.2) is 10.2 Å². The van der Waals surface area contributed by atoms with Gasteiger partial charge in [-0.25, -0.2) is 0 Å². The molecule has 0 fully saturated rings. The molecule has 2 N–H and O–H groups in total. The van der Waals surface area contributed by atoms with E-state index < -0.39 is 5.79 Å². The second kappa shape index (κ2) is 11.6. The van der Waals surface area contributed by atoms with E-state index in [0.29, 0.717) is 17.5 Å². The minimum Gasteiger partial charge on any atom is -0.358 e. The summed E-state index contributed by atoms with van der Waals surface area (Å²) in [7, 11) is 0. The Morgan fingerprint density at radius 3 is 1.39 bits per heavy atom. The van der Waals surface area contributed by atoms with Crippen LogP contribution in [0.1, 0.15) is 22.3 Å². The molecule has 5 rings (SSSR count). The number of rotatable bonds is 6. The molecule has 0 aliphatic heterocycles. The van der Waals surface area contributed by atoms with E-state index in [1.165, 1.54) is 0 Å². The molecule has 0 aliphatic rings. The van der Waals surface area contributed by atoms with Crippen LogP contribution in [0.3, 0.4) is 0 Å². The van der Waals surface area contributed by atoms with Crippen LogP contribution in [0.5, 0.6) is 0 Å². The van der Waals surface area contributed by atoms with E-state index in [9.17, 15) is 10.2 Å². The van der Waals surface area contributed by atoms with Gasteiger partial charge < -0.3 is 10.2 Å². The van der Waals surface area contributed by atoms with Crippen molar-refractivity contribution in [3.8, 4) is 22.3 Å². The fourth-order valence-electron chi connectivity index (χ4n) is 4.61. The molecular weight excluding hydrogens is 736 g/mol. The van der Waals surface area contributed by atoms with E-state index in [2.05, 4.69) is 88.0 Å². The number of benzene rings is 5. The van der Waals surface area contributed by atoms with Crippen LogP contribution in [-0.2, 0) is 12.2 Å². The maximum atomic E-state index is 11.7. The van der Waals surface area contributed by atoms with Gasteiger partial charge in [0.15, 0.2) is 0 Å². The van der Waals surface area contributed by atoms with Crippen LogP contribution in [0.15, 0.2) is 127 Å². The van der Waals surface area contributed by atoms with Gasteiger partial charge in [0.05, 0.1) is 0 Å². The van der Waals surface area contributed by atoms with Crippen LogP contribution >= 0.6 is 63.7 Å². The van der Waals surface area contributed by atoms with Gasteiger partial charge in [-0.1, -0.05) is 124 Å². The first kappa shape index (κ1) is 27.5. The molecule has 0 saturated heterocycles. The highest BCUT2D eigenvalue weighted by molar-refractivity contribution is 9.11. The highest BCUT2D eigenvalue weighted by atomic mass is 79.9. The zero-order valence-corrected chi connectivity index (χ0v) is 26.3. The zero-order valence-electron chi connectivity index (χ0n) is 20.0. The fourth-order valence-corrected chi connectivity index (χ4v) is 5.66. The standard InChI is InChI=1S/C32H22Br4O2/c33-25-10-1-20(2-11-25)19-23-7-18-29(32(37,38)24-8-16-28(36)17-9-24)31(22-5-14-27(35)15-6-22)30(23)21-3-12-26(34)13-4-21/h1-18,37-38H,19H2. The third-order valence-corrected chi connectivity index (χ3v) is 8.60. The molecule has 5 aromatic rings. The molecule has 0 saturated carbocycles. The Hall–Kier alpha value is -2.06. The van der Waals surface area contributed by atoms with E-state index in [1.54, 1.807) is 12.1 Å². The summed E-state index contributed by atoms with van der Waals surface area (Å²) in [6.45, 7) is 0. The molecular formula is C32H22Br4O2. The summed E-state index contributed by atoms with van der Waals surface area (Å²) in [5, 5.41) is 23.4. The van der Waals surface area contributed by atoms with Gasteiger partial charge in [0.25, 0.3) is 0 Å². The lowest BCUT2D eigenvalue weighted by molar-refractivity contribution is -0.131. The number of hydrogen-bond donors (Lipinski definition) is 2. The summed E-state index contributed by atoms with van der Waals surface area (Å²) in [6, 6.07) is 35.3. The molecule has 0 atom stereocenters. The summed E-state index contributed by atoms with van der Waals surface area (Å²) in [5.74, 6) is -2.22. The van der Waals surface area contributed by atoms with Crippen LogP contribution in [0.25, 0.3) is 22.3 Å². The van der Waals surface area contributed by atoms with Gasteiger partial charge in [0.2, 0.25) is 5.79 Å². The van der Waals surface area contributed by atoms with Gasteiger partial charge in [0.1, 0.15) is 0 Å². The van der Waals surface area contributed by atoms with Crippen molar-refractivity contribution in [2.24, 2.45) is 0 Å². The highest BCUT2D eigenvalue weighted by Crippen LogP contribution is 2.44. The molecule has 190 valence electrons. The molecule has 0 amide bonds. The van der Waals surface area contributed by atoms with Crippen molar-refractivity contribution < 1.29 is 10.2 Å². The highest BCUT2D eigenvalue weighted by Gasteiger charge is 2.33. The predicted molar refractivity (Wildman–Crippen MR) is 169 cm³/mol. The molecule has 2 nitrogen and oxygen atoms in total. The third-order valence-electron chi connectivity index (χ3n) is 6.49.